The van der Waals surface area contributed by atoms with Crippen molar-refractivity contribution in [2.24, 2.45) is 0 Å². The molecule has 0 aliphatic carbocycles. The molecular formula is C6H9NO3. The monoisotopic (exact) mass is 143 g/mol. The van der Waals surface area contributed by atoms with Crippen molar-refractivity contribution < 1.29 is 14.3 Å². The maximum Gasteiger partial charge on any atom is 0.407 e. The number of amides is 1. The summed E-state index contributed by atoms with van der Waals surface area (Å²) in [4.78, 5) is 10.7. The van der Waals surface area contributed by atoms with E-state index in [0.717, 1.165) is 6.42 Å². The first-order valence-electron chi connectivity index (χ1n) is 3.35. The standard InChI is InChI=1S/C6H9NO3/c8-5-7-2-1-6(10-5)3-9-4-6/h1-4H2,(H,7,8). The van der Waals surface area contributed by atoms with E-state index in [-0.39, 0.29) is 11.7 Å². The molecule has 0 atom stereocenters. The number of nitrogens with one attached hydrogen (secondary N) is 1. The summed E-state index contributed by atoms with van der Waals surface area (Å²) in [6, 6.07) is 0. The molecule has 0 radical (unpaired) electrons. The van der Waals surface area contributed by atoms with Crippen LogP contribution in [-0.4, -0.2) is 31.5 Å². The van der Waals surface area contributed by atoms with E-state index in [1.165, 1.54) is 0 Å². The average molecular weight is 143 g/mol. The van der Waals surface area contributed by atoms with Crippen LogP contribution < -0.4 is 5.32 Å². The number of ether oxygens (including phenoxy) is 2. The Balaban J connectivity index is 2.02. The van der Waals surface area contributed by atoms with E-state index in [1.54, 1.807) is 0 Å². The van der Waals surface area contributed by atoms with Crippen LogP contribution in [-0.2, 0) is 9.47 Å². The van der Waals surface area contributed by atoms with E-state index in [9.17, 15) is 4.79 Å². The van der Waals surface area contributed by atoms with Gasteiger partial charge >= 0.3 is 6.09 Å². The SMILES string of the molecule is O=C1NCCC2(COC2)O1. The Labute approximate surface area is 58.5 Å². The molecule has 4 heteroatoms. The molecule has 1 amide bonds. The molecule has 2 saturated heterocycles. The van der Waals surface area contributed by atoms with Crippen molar-refractivity contribution in [1.82, 2.24) is 5.32 Å². The quantitative estimate of drug-likeness (QED) is 0.514. The van der Waals surface area contributed by atoms with Crippen molar-refractivity contribution >= 4 is 6.09 Å². The predicted molar refractivity (Wildman–Crippen MR) is 32.7 cm³/mol. The minimum atomic E-state index is -0.311. The van der Waals surface area contributed by atoms with Crippen molar-refractivity contribution in [3.63, 3.8) is 0 Å². The number of carbonyl (C=O) groups is 1. The second kappa shape index (κ2) is 1.85. The van der Waals surface area contributed by atoms with Crippen LogP contribution in [0.1, 0.15) is 6.42 Å². The third-order valence-corrected chi connectivity index (χ3v) is 1.89. The second-order valence-electron chi connectivity index (χ2n) is 2.74. The van der Waals surface area contributed by atoms with E-state index in [4.69, 9.17) is 9.47 Å². The van der Waals surface area contributed by atoms with Gasteiger partial charge in [-0.2, -0.15) is 0 Å². The lowest BCUT2D eigenvalue weighted by molar-refractivity contribution is -0.188. The second-order valence-corrected chi connectivity index (χ2v) is 2.74. The lowest BCUT2D eigenvalue weighted by atomic mass is 9.97. The first kappa shape index (κ1) is 5.97. The summed E-state index contributed by atoms with van der Waals surface area (Å²) in [5.74, 6) is 0. The van der Waals surface area contributed by atoms with Gasteiger partial charge in [0.1, 0.15) is 0 Å². The average Bonchev–Trinajstić information content (AvgIpc) is 1.85. The molecule has 0 unspecified atom stereocenters. The molecule has 0 saturated carbocycles. The number of hydrogen-bond donors (Lipinski definition) is 1. The highest BCUT2D eigenvalue weighted by atomic mass is 16.6. The van der Waals surface area contributed by atoms with Gasteiger partial charge in [0.05, 0.1) is 13.2 Å². The number of alkyl carbamates (subject to hydrolysis) is 1. The first-order chi connectivity index (χ1) is 4.81. The van der Waals surface area contributed by atoms with Gasteiger partial charge in [-0.15, -0.1) is 0 Å². The molecule has 10 heavy (non-hydrogen) atoms. The molecule has 2 aliphatic heterocycles. The molecule has 2 heterocycles. The molecular weight excluding hydrogens is 134 g/mol. The van der Waals surface area contributed by atoms with Crippen LogP contribution in [0.5, 0.6) is 0 Å². The van der Waals surface area contributed by atoms with Crippen LogP contribution in [0.4, 0.5) is 4.79 Å². The summed E-state index contributed by atoms with van der Waals surface area (Å²) in [5, 5.41) is 2.59. The Bertz CT molecular complexity index is 164. The van der Waals surface area contributed by atoms with E-state index in [1.807, 2.05) is 0 Å². The van der Waals surface area contributed by atoms with Gasteiger partial charge in [-0.1, -0.05) is 0 Å². The highest BCUT2D eigenvalue weighted by molar-refractivity contribution is 5.68. The van der Waals surface area contributed by atoms with Crippen molar-refractivity contribution in [2.75, 3.05) is 19.8 Å². The molecule has 0 aromatic heterocycles. The summed E-state index contributed by atoms with van der Waals surface area (Å²) in [5.41, 5.74) is -0.262. The van der Waals surface area contributed by atoms with Crippen molar-refractivity contribution in [2.45, 2.75) is 12.0 Å². The smallest absolute Gasteiger partial charge is 0.407 e. The van der Waals surface area contributed by atoms with Crippen LogP contribution >= 0.6 is 0 Å². The molecule has 2 aliphatic rings. The Morgan fingerprint density at radius 3 is 2.70 bits per heavy atom. The molecule has 2 fully saturated rings. The molecule has 4 nitrogen and oxygen atoms in total. The Hall–Kier alpha value is -0.770. The van der Waals surface area contributed by atoms with Gasteiger partial charge in [-0.05, 0) is 0 Å². The summed E-state index contributed by atoms with van der Waals surface area (Å²) in [6.07, 6.45) is 0.563. The minimum Gasteiger partial charge on any atom is -0.438 e. The van der Waals surface area contributed by atoms with Crippen LogP contribution in [0.15, 0.2) is 0 Å². The van der Waals surface area contributed by atoms with Crippen molar-refractivity contribution in [1.29, 1.82) is 0 Å². The fourth-order valence-corrected chi connectivity index (χ4v) is 1.21. The highest BCUT2D eigenvalue weighted by Crippen LogP contribution is 2.27. The zero-order valence-corrected chi connectivity index (χ0v) is 5.55. The fraction of sp³-hybridized carbons (Fsp3) is 0.833. The van der Waals surface area contributed by atoms with Gasteiger partial charge in [0, 0.05) is 13.0 Å². The third-order valence-electron chi connectivity index (χ3n) is 1.89. The number of rotatable bonds is 0. The van der Waals surface area contributed by atoms with Gasteiger partial charge in [-0.3, -0.25) is 0 Å². The highest BCUT2D eigenvalue weighted by Gasteiger charge is 2.44. The van der Waals surface area contributed by atoms with Crippen LogP contribution in [0.25, 0.3) is 0 Å². The van der Waals surface area contributed by atoms with E-state index >= 15 is 0 Å². The topological polar surface area (TPSA) is 47.6 Å². The minimum absolute atomic E-state index is 0.262. The first-order valence-corrected chi connectivity index (χ1v) is 3.35. The normalized spacial score (nSPS) is 28.6. The molecule has 0 aromatic carbocycles. The van der Waals surface area contributed by atoms with Crippen molar-refractivity contribution in [3.8, 4) is 0 Å². The summed E-state index contributed by atoms with van der Waals surface area (Å²) < 4.78 is 9.99. The van der Waals surface area contributed by atoms with E-state index < -0.39 is 0 Å². The van der Waals surface area contributed by atoms with Crippen molar-refractivity contribution in [3.05, 3.63) is 0 Å². The Morgan fingerprint density at radius 2 is 2.30 bits per heavy atom. The molecule has 0 bridgehead atoms. The molecule has 0 aromatic rings. The zero-order valence-electron chi connectivity index (χ0n) is 5.55. The lowest BCUT2D eigenvalue weighted by Gasteiger charge is -2.42. The fourth-order valence-electron chi connectivity index (χ4n) is 1.21. The van der Waals surface area contributed by atoms with Gasteiger partial charge in [-0.25, -0.2) is 4.79 Å². The maximum absolute atomic E-state index is 10.7. The van der Waals surface area contributed by atoms with Gasteiger partial charge in [0.25, 0.3) is 0 Å². The number of carbonyl (C=O) groups excluding carboxylic acids is 1. The van der Waals surface area contributed by atoms with Gasteiger partial charge in [0.15, 0.2) is 5.60 Å². The lowest BCUT2D eigenvalue weighted by Crippen LogP contribution is -2.59. The van der Waals surface area contributed by atoms with E-state index in [2.05, 4.69) is 5.32 Å². The van der Waals surface area contributed by atoms with Crippen LogP contribution in [0.3, 0.4) is 0 Å². The Kier molecular flexibility index (Phi) is 1.11. The third kappa shape index (κ3) is 0.759. The van der Waals surface area contributed by atoms with Gasteiger partial charge in [0.2, 0.25) is 0 Å². The zero-order chi connectivity index (χ0) is 7.03. The Morgan fingerprint density at radius 1 is 1.50 bits per heavy atom. The van der Waals surface area contributed by atoms with Crippen LogP contribution in [0.2, 0.25) is 0 Å². The maximum atomic E-state index is 10.7. The summed E-state index contributed by atoms with van der Waals surface area (Å²) >= 11 is 0. The molecule has 1 spiro atoms. The van der Waals surface area contributed by atoms with E-state index in [0.29, 0.717) is 19.8 Å². The summed E-state index contributed by atoms with van der Waals surface area (Å²) in [6.45, 7) is 1.85. The molecule has 2 rings (SSSR count). The number of hydrogen-bond acceptors (Lipinski definition) is 3. The largest absolute Gasteiger partial charge is 0.438 e. The van der Waals surface area contributed by atoms with Gasteiger partial charge < -0.3 is 14.8 Å². The molecule has 56 valence electrons. The van der Waals surface area contributed by atoms with Crippen LogP contribution in [0, 0.1) is 0 Å². The summed E-state index contributed by atoms with van der Waals surface area (Å²) in [7, 11) is 0. The predicted octanol–water partition coefficient (Wildman–Crippen LogP) is -0.115. The molecule has 1 N–H and O–H groups in total.